The number of benzene rings is 3. The average Bonchev–Trinajstić information content (AvgIpc) is 3.20. The first-order chi connectivity index (χ1) is 15.5. The summed E-state index contributed by atoms with van der Waals surface area (Å²) >= 11 is 3.51. The minimum atomic E-state index is 0.0244. The van der Waals surface area contributed by atoms with E-state index in [1.807, 2.05) is 60.7 Å². The fourth-order valence-corrected chi connectivity index (χ4v) is 4.85. The van der Waals surface area contributed by atoms with Crippen LogP contribution >= 0.6 is 15.9 Å². The molecule has 0 N–H and O–H groups in total. The van der Waals surface area contributed by atoms with E-state index < -0.39 is 0 Å². The van der Waals surface area contributed by atoms with Crippen LogP contribution in [0, 0.1) is 0 Å². The first kappa shape index (κ1) is 20.7. The van der Waals surface area contributed by atoms with E-state index in [1.54, 1.807) is 6.92 Å². The Morgan fingerprint density at radius 3 is 2.38 bits per heavy atom. The molecule has 158 valence electrons. The highest BCUT2D eigenvalue weighted by atomic mass is 79.9. The second kappa shape index (κ2) is 8.36. The maximum Gasteiger partial charge on any atom is 0.165 e. The summed E-state index contributed by atoms with van der Waals surface area (Å²) in [6.45, 7) is 1.58. The molecule has 3 nitrogen and oxygen atoms in total. The van der Waals surface area contributed by atoms with Gasteiger partial charge < -0.3 is 4.57 Å². The van der Waals surface area contributed by atoms with Crippen molar-refractivity contribution < 1.29 is 9.59 Å². The van der Waals surface area contributed by atoms with Gasteiger partial charge in [-0.15, -0.1) is 0 Å². The van der Waals surface area contributed by atoms with Crippen LogP contribution in [0.3, 0.4) is 0 Å². The summed E-state index contributed by atoms with van der Waals surface area (Å²) in [5, 5.41) is 0. The summed E-state index contributed by atoms with van der Waals surface area (Å²) in [6, 6.07) is 28.0. The summed E-state index contributed by atoms with van der Waals surface area (Å²) in [4.78, 5) is 25.3. The van der Waals surface area contributed by atoms with Crippen LogP contribution in [0.1, 0.15) is 51.2 Å². The van der Waals surface area contributed by atoms with Crippen molar-refractivity contribution in [1.29, 1.82) is 0 Å². The van der Waals surface area contributed by atoms with Crippen molar-refractivity contribution in [1.82, 2.24) is 4.57 Å². The van der Waals surface area contributed by atoms with Gasteiger partial charge in [-0.2, -0.15) is 0 Å². The number of carbonyl (C=O) groups is 2. The third kappa shape index (κ3) is 3.76. The highest BCUT2D eigenvalue weighted by Crippen LogP contribution is 2.39. The Bertz CT molecular complexity index is 1320. The maximum atomic E-state index is 13.3. The Morgan fingerprint density at radius 1 is 0.906 bits per heavy atom. The molecule has 1 heterocycles. The molecule has 32 heavy (non-hydrogen) atoms. The topological polar surface area (TPSA) is 39.1 Å². The van der Waals surface area contributed by atoms with E-state index in [4.69, 9.17) is 0 Å². The van der Waals surface area contributed by atoms with Crippen LogP contribution in [0.4, 0.5) is 0 Å². The molecule has 0 radical (unpaired) electrons. The van der Waals surface area contributed by atoms with Gasteiger partial charge in [-0.25, -0.2) is 0 Å². The van der Waals surface area contributed by atoms with Gasteiger partial charge in [0.25, 0.3) is 0 Å². The molecule has 0 fully saturated rings. The van der Waals surface area contributed by atoms with Gasteiger partial charge in [-0.05, 0) is 60.7 Å². The predicted molar refractivity (Wildman–Crippen MR) is 131 cm³/mol. The first-order valence-electron chi connectivity index (χ1n) is 10.7. The first-order valence-corrected chi connectivity index (χ1v) is 11.5. The van der Waals surface area contributed by atoms with E-state index in [0.717, 1.165) is 39.1 Å². The molecule has 1 atom stereocenters. The van der Waals surface area contributed by atoms with E-state index in [0.29, 0.717) is 12.0 Å². The van der Waals surface area contributed by atoms with Crippen molar-refractivity contribution in [3.05, 3.63) is 112 Å². The zero-order valence-electron chi connectivity index (χ0n) is 17.7. The fraction of sp³-hybridized carbons (Fsp3) is 0.143. The Balaban J connectivity index is 1.72. The quantitative estimate of drug-likeness (QED) is 0.292. The minimum Gasteiger partial charge on any atom is -0.313 e. The predicted octanol–water partition coefficient (Wildman–Crippen LogP) is 7.02. The van der Waals surface area contributed by atoms with Crippen molar-refractivity contribution in [2.24, 2.45) is 0 Å². The van der Waals surface area contributed by atoms with E-state index >= 15 is 0 Å². The maximum absolute atomic E-state index is 13.3. The number of Topliss-reactive ketones (excluding diaryl/α,β-unsaturated/α-hetero) is 2. The molecule has 0 saturated carbocycles. The molecule has 4 heteroatoms. The Labute approximate surface area is 195 Å². The molecule has 1 aromatic heterocycles. The summed E-state index contributed by atoms with van der Waals surface area (Å²) in [5.74, 6) is 0.329. The molecule has 0 bridgehead atoms. The molecule has 5 rings (SSSR count). The molecule has 0 saturated heterocycles. The summed E-state index contributed by atoms with van der Waals surface area (Å²) in [7, 11) is 0. The van der Waals surface area contributed by atoms with Crippen LogP contribution in [0.2, 0.25) is 0 Å². The van der Waals surface area contributed by atoms with Crippen LogP contribution < -0.4 is 0 Å². The molecular weight excluding hydrogens is 462 g/mol. The molecule has 0 unspecified atom stereocenters. The largest absolute Gasteiger partial charge is 0.313 e. The van der Waals surface area contributed by atoms with Gasteiger partial charge in [0, 0.05) is 33.4 Å². The number of halogens is 1. The SMILES string of the molecule is CC(=O)c1cccc(-n2c(-c3ccc(Br)cc3)cc3c2C[C@H](c2ccccc2)CC3=O)c1. The molecule has 0 spiro atoms. The lowest BCUT2D eigenvalue weighted by molar-refractivity contribution is 0.0962. The molecule has 1 aliphatic carbocycles. The monoisotopic (exact) mass is 483 g/mol. The summed E-state index contributed by atoms with van der Waals surface area (Å²) < 4.78 is 3.17. The van der Waals surface area contributed by atoms with E-state index in [2.05, 4.69) is 44.8 Å². The van der Waals surface area contributed by atoms with E-state index in [-0.39, 0.29) is 17.5 Å². The van der Waals surface area contributed by atoms with Crippen molar-refractivity contribution in [3.63, 3.8) is 0 Å². The van der Waals surface area contributed by atoms with E-state index in [9.17, 15) is 9.59 Å². The van der Waals surface area contributed by atoms with Crippen LogP contribution in [-0.4, -0.2) is 16.1 Å². The van der Waals surface area contributed by atoms with Crippen LogP contribution in [-0.2, 0) is 6.42 Å². The highest BCUT2D eigenvalue weighted by Gasteiger charge is 2.31. The molecule has 0 amide bonds. The van der Waals surface area contributed by atoms with Gasteiger partial charge in [0.2, 0.25) is 0 Å². The number of hydrogen-bond acceptors (Lipinski definition) is 2. The minimum absolute atomic E-state index is 0.0244. The lowest BCUT2D eigenvalue weighted by atomic mass is 9.82. The molecule has 1 aliphatic rings. The van der Waals surface area contributed by atoms with Gasteiger partial charge in [0.15, 0.2) is 11.6 Å². The Kier molecular flexibility index (Phi) is 5.40. The van der Waals surface area contributed by atoms with Crippen LogP contribution in [0.5, 0.6) is 0 Å². The van der Waals surface area contributed by atoms with E-state index in [1.165, 1.54) is 5.56 Å². The third-order valence-corrected chi connectivity index (χ3v) is 6.73. The van der Waals surface area contributed by atoms with Gasteiger partial charge in [-0.3, -0.25) is 9.59 Å². The number of carbonyl (C=O) groups excluding carboxylic acids is 2. The van der Waals surface area contributed by atoms with Crippen LogP contribution in [0.15, 0.2) is 89.4 Å². The standard InChI is InChI=1S/C28H22BrNO2/c1-18(31)21-8-5-9-24(14-21)30-26(20-10-12-23(29)13-11-20)17-25-27(30)15-22(16-28(25)32)19-6-3-2-4-7-19/h2-14,17,22H,15-16H2,1H3/t22-/m0/s1. The van der Waals surface area contributed by atoms with Crippen molar-refractivity contribution >= 4 is 27.5 Å². The Morgan fingerprint density at radius 2 is 1.66 bits per heavy atom. The average molecular weight is 484 g/mol. The van der Waals surface area contributed by atoms with Crippen molar-refractivity contribution in [2.75, 3.05) is 0 Å². The second-order valence-electron chi connectivity index (χ2n) is 8.28. The lowest BCUT2D eigenvalue weighted by Crippen LogP contribution is -2.20. The summed E-state index contributed by atoms with van der Waals surface area (Å²) in [6.07, 6.45) is 1.28. The fourth-order valence-electron chi connectivity index (χ4n) is 4.59. The zero-order chi connectivity index (χ0) is 22.2. The number of ketones is 2. The number of nitrogens with zero attached hydrogens (tertiary/aromatic N) is 1. The second-order valence-corrected chi connectivity index (χ2v) is 9.19. The number of aromatic nitrogens is 1. The summed E-state index contributed by atoms with van der Waals surface area (Å²) in [5.41, 5.74) is 6.52. The van der Waals surface area contributed by atoms with Gasteiger partial charge in [-0.1, -0.05) is 70.5 Å². The molecule has 3 aromatic carbocycles. The van der Waals surface area contributed by atoms with Crippen molar-refractivity contribution in [2.45, 2.75) is 25.7 Å². The smallest absolute Gasteiger partial charge is 0.165 e. The Hall–Kier alpha value is -3.24. The number of rotatable bonds is 4. The normalized spacial score (nSPS) is 15.4. The van der Waals surface area contributed by atoms with Gasteiger partial charge in [0.1, 0.15) is 0 Å². The number of hydrogen-bond donors (Lipinski definition) is 0. The molecular formula is C28H22BrNO2. The molecule has 4 aromatic rings. The van der Waals surface area contributed by atoms with Gasteiger partial charge in [0.05, 0.1) is 5.69 Å². The van der Waals surface area contributed by atoms with Gasteiger partial charge >= 0.3 is 0 Å². The molecule has 0 aliphatic heterocycles. The van der Waals surface area contributed by atoms with Crippen molar-refractivity contribution in [3.8, 4) is 16.9 Å². The highest BCUT2D eigenvalue weighted by molar-refractivity contribution is 9.10. The number of fused-ring (bicyclic) bond motifs is 1. The third-order valence-electron chi connectivity index (χ3n) is 6.20. The van der Waals surface area contributed by atoms with Crippen LogP contribution in [0.25, 0.3) is 16.9 Å². The lowest BCUT2D eigenvalue weighted by Gasteiger charge is -2.24. The zero-order valence-corrected chi connectivity index (χ0v) is 19.3.